The van der Waals surface area contributed by atoms with Gasteiger partial charge in [-0.05, 0) is 31.1 Å². The van der Waals surface area contributed by atoms with Crippen LogP contribution < -0.4 is 5.32 Å². The van der Waals surface area contributed by atoms with E-state index in [0.29, 0.717) is 0 Å². The van der Waals surface area contributed by atoms with Crippen LogP contribution in [0.3, 0.4) is 0 Å². The van der Waals surface area contributed by atoms with Crippen LogP contribution in [0.15, 0.2) is 0 Å². The molecule has 1 N–H and O–H groups in total. The Balaban J connectivity index is 2.14. The zero-order valence-corrected chi connectivity index (χ0v) is 9.18. The van der Waals surface area contributed by atoms with Crippen molar-refractivity contribution in [3.63, 3.8) is 0 Å². The second-order valence-electron chi connectivity index (χ2n) is 4.41. The summed E-state index contributed by atoms with van der Waals surface area (Å²) >= 11 is 0. The van der Waals surface area contributed by atoms with Gasteiger partial charge in [0.25, 0.3) is 0 Å². The molecule has 1 rings (SSSR count). The van der Waals surface area contributed by atoms with E-state index in [-0.39, 0.29) is 0 Å². The van der Waals surface area contributed by atoms with Crippen molar-refractivity contribution < 1.29 is 4.74 Å². The maximum Gasteiger partial charge on any atom is 0.0587 e. The smallest absolute Gasteiger partial charge is 0.0587 e. The second kappa shape index (κ2) is 5.61. The van der Waals surface area contributed by atoms with E-state index in [1.165, 1.54) is 19.3 Å². The molecule has 0 amide bonds. The molecule has 0 saturated heterocycles. The molecule has 0 spiro atoms. The molecular weight excluding hydrogens is 162 g/mol. The molecule has 1 aliphatic rings. The number of rotatable bonds is 4. The first-order chi connectivity index (χ1) is 6.24. The van der Waals surface area contributed by atoms with Gasteiger partial charge >= 0.3 is 0 Å². The summed E-state index contributed by atoms with van der Waals surface area (Å²) < 4.78 is 5.02. The molecule has 2 heteroatoms. The van der Waals surface area contributed by atoms with Crippen LogP contribution in [-0.2, 0) is 4.74 Å². The maximum absolute atomic E-state index is 5.02. The van der Waals surface area contributed by atoms with Gasteiger partial charge in [-0.2, -0.15) is 0 Å². The van der Waals surface area contributed by atoms with E-state index in [2.05, 4.69) is 19.2 Å². The summed E-state index contributed by atoms with van der Waals surface area (Å²) in [7, 11) is 1.76. The van der Waals surface area contributed by atoms with E-state index >= 15 is 0 Å². The first kappa shape index (κ1) is 11.0. The third kappa shape index (κ3) is 3.65. The molecule has 1 aliphatic carbocycles. The third-order valence-corrected chi connectivity index (χ3v) is 3.34. The van der Waals surface area contributed by atoms with Gasteiger partial charge in [0.1, 0.15) is 0 Å². The lowest BCUT2D eigenvalue weighted by atomic mass is 9.79. The normalized spacial score (nSPS) is 34.8. The van der Waals surface area contributed by atoms with Gasteiger partial charge in [0, 0.05) is 19.7 Å². The van der Waals surface area contributed by atoms with Gasteiger partial charge in [0.05, 0.1) is 6.61 Å². The Morgan fingerprint density at radius 3 is 2.62 bits per heavy atom. The quantitative estimate of drug-likeness (QED) is 0.677. The Hall–Kier alpha value is -0.0800. The molecule has 0 aromatic rings. The summed E-state index contributed by atoms with van der Waals surface area (Å²) in [6.07, 6.45) is 4.06. The molecule has 1 saturated carbocycles. The molecule has 0 unspecified atom stereocenters. The number of ether oxygens (including phenoxy) is 1. The fourth-order valence-corrected chi connectivity index (χ4v) is 2.10. The van der Waals surface area contributed by atoms with Gasteiger partial charge in [-0.25, -0.2) is 0 Å². The molecule has 0 bridgehead atoms. The summed E-state index contributed by atoms with van der Waals surface area (Å²) in [6, 6.07) is 0.737. The van der Waals surface area contributed by atoms with E-state index in [9.17, 15) is 0 Å². The first-order valence-corrected chi connectivity index (χ1v) is 5.46. The van der Waals surface area contributed by atoms with Crippen molar-refractivity contribution in [1.29, 1.82) is 0 Å². The molecule has 2 nitrogen and oxygen atoms in total. The summed E-state index contributed by atoms with van der Waals surface area (Å²) in [6.45, 7) is 6.58. The van der Waals surface area contributed by atoms with E-state index in [0.717, 1.165) is 31.0 Å². The van der Waals surface area contributed by atoms with Crippen molar-refractivity contribution in [2.24, 2.45) is 11.8 Å². The molecule has 0 aliphatic heterocycles. The fourth-order valence-electron chi connectivity index (χ4n) is 2.10. The third-order valence-electron chi connectivity index (χ3n) is 3.34. The monoisotopic (exact) mass is 185 g/mol. The fraction of sp³-hybridized carbons (Fsp3) is 1.00. The predicted molar refractivity (Wildman–Crippen MR) is 55.8 cm³/mol. The number of methoxy groups -OCH3 is 1. The molecule has 1 fully saturated rings. The van der Waals surface area contributed by atoms with E-state index in [4.69, 9.17) is 4.74 Å². The number of nitrogens with one attached hydrogen (secondary N) is 1. The minimum atomic E-state index is 0.737. The van der Waals surface area contributed by atoms with Crippen LogP contribution in [0, 0.1) is 11.8 Å². The standard InChI is InChI=1S/C11H23NO/c1-9-4-5-11(8-10(9)2)12-6-7-13-3/h9-12H,4-8H2,1-3H3/t9-,10+,11+/m1/s1. The van der Waals surface area contributed by atoms with Gasteiger partial charge in [-0.15, -0.1) is 0 Å². The highest BCUT2D eigenvalue weighted by Gasteiger charge is 2.23. The van der Waals surface area contributed by atoms with Crippen molar-refractivity contribution >= 4 is 0 Å². The van der Waals surface area contributed by atoms with E-state index < -0.39 is 0 Å². The van der Waals surface area contributed by atoms with Crippen LogP contribution in [-0.4, -0.2) is 26.3 Å². The van der Waals surface area contributed by atoms with Crippen molar-refractivity contribution in [3.8, 4) is 0 Å². The highest BCUT2D eigenvalue weighted by atomic mass is 16.5. The SMILES string of the molecule is COCCN[C@H]1CC[C@@H](C)[C@@H](C)C1. The lowest BCUT2D eigenvalue weighted by molar-refractivity contribution is 0.178. The van der Waals surface area contributed by atoms with Crippen LogP contribution in [0.5, 0.6) is 0 Å². The van der Waals surface area contributed by atoms with Crippen molar-refractivity contribution in [1.82, 2.24) is 5.32 Å². The van der Waals surface area contributed by atoms with Crippen LogP contribution >= 0.6 is 0 Å². The van der Waals surface area contributed by atoms with E-state index in [1.54, 1.807) is 7.11 Å². The Kier molecular flexibility index (Phi) is 4.74. The van der Waals surface area contributed by atoms with Crippen LogP contribution in [0.2, 0.25) is 0 Å². The van der Waals surface area contributed by atoms with Gasteiger partial charge in [-0.1, -0.05) is 13.8 Å². The zero-order chi connectivity index (χ0) is 9.68. The Morgan fingerprint density at radius 1 is 1.23 bits per heavy atom. The predicted octanol–water partition coefficient (Wildman–Crippen LogP) is 2.05. The van der Waals surface area contributed by atoms with Gasteiger partial charge in [0.15, 0.2) is 0 Å². The van der Waals surface area contributed by atoms with E-state index in [1.807, 2.05) is 0 Å². The highest BCUT2D eigenvalue weighted by Crippen LogP contribution is 2.29. The molecule has 13 heavy (non-hydrogen) atoms. The molecule has 0 radical (unpaired) electrons. The lowest BCUT2D eigenvalue weighted by Crippen LogP contribution is -2.37. The summed E-state index contributed by atoms with van der Waals surface area (Å²) in [4.78, 5) is 0. The first-order valence-electron chi connectivity index (χ1n) is 5.46. The minimum absolute atomic E-state index is 0.737. The number of hydrogen-bond donors (Lipinski definition) is 1. The Bertz CT molecular complexity index is 138. The molecule has 0 heterocycles. The lowest BCUT2D eigenvalue weighted by Gasteiger charge is -2.32. The Morgan fingerprint density at radius 2 is 2.00 bits per heavy atom. The average molecular weight is 185 g/mol. The Labute approximate surface area is 82.0 Å². The van der Waals surface area contributed by atoms with Crippen LogP contribution in [0.25, 0.3) is 0 Å². The zero-order valence-electron chi connectivity index (χ0n) is 9.18. The summed E-state index contributed by atoms with van der Waals surface area (Å²) in [5, 5.41) is 3.55. The minimum Gasteiger partial charge on any atom is -0.383 e. The maximum atomic E-state index is 5.02. The van der Waals surface area contributed by atoms with Gasteiger partial charge in [-0.3, -0.25) is 0 Å². The molecule has 78 valence electrons. The van der Waals surface area contributed by atoms with Crippen LogP contribution in [0.4, 0.5) is 0 Å². The van der Waals surface area contributed by atoms with Crippen LogP contribution in [0.1, 0.15) is 33.1 Å². The average Bonchev–Trinajstić information content (AvgIpc) is 2.12. The van der Waals surface area contributed by atoms with Crippen molar-refractivity contribution in [2.75, 3.05) is 20.3 Å². The van der Waals surface area contributed by atoms with Crippen molar-refractivity contribution in [2.45, 2.75) is 39.2 Å². The van der Waals surface area contributed by atoms with Crippen molar-refractivity contribution in [3.05, 3.63) is 0 Å². The summed E-state index contributed by atoms with van der Waals surface area (Å²) in [5.74, 6) is 1.80. The molecule has 0 aromatic heterocycles. The molecule has 0 aromatic carbocycles. The highest BCUT2D eigenvalue weighted by molar-refractivity contribution is 4.79. The second-order valence-corrected chi connectivity index (χ2v) is 4.41. The van der Waals surface area contributed by atoms with Gasteiger partial charge in [0.2, 0.25) is 0 Å². The largest absolute Gasteiger partial charge is 0.383 e. The topological polar surface area (TPSA) is 21.3 Å². The molecular formula is C11H23NO. The summed E-state index contributed by atoms with van der Waals surface area (Å²) in [5.41, 5.74) is 0. The van der Waals surface area contributed by atoms with Gasteiger partial charge < -0.3 is 10.1 Å². The molecule has 3 atom stereocenters. The number of hydrogen-bond acceptors (Lipinski definition) is 2.